The van der Waals surface area contributed by atoms with Gasteiger partial charge in [-0.25, -0.2) is 0 Å². The summed E-state index contributed by atoms with van der Waals surface area (Å²) < 4.78 is 6.81. The van der Waals surface area contributed by atoms with Gasteiger partial charge in [0.25, 0.3) is 0 Å². The number of anilines is 1. The highest BCUT2D eigenvalue weighted by Gasteiger charge is 2.66. The van der Waals surface area contributed by atoms with Crippen molar-refractivity contribution >= 4 is 16.7 Å². The first-order chi connectivity index (χ1) is 14.2. The first kappa shape index (κ1) is 16.6. The Bertz CT molecular complexity index is 1100. The van der Waals surface area contributed by atoms with Crippen molar-refractivity contribution in [2.24, 2.45) is 23.7 Å². The monoisotopic (exact) mass is 383 g/mol. The van der Waals surface area contributed by atoms with E-state index in [0.29, 0.717) is 6.04 Å². The number of rotatable bonds is 1. The maximum atomic E-state index is 6.81. The molecule has 0 amide bonds. The quantitative estimate of drug-likeness (QED) is 0.451. The fourth-order valence-electron chi connectivity index (χ4n) is 8.25. The van der Waals surface area contributed by atoms with Gasteiger partial charge in [0, 0.05) is 16.6 Å². The molecule has 4 aliphatic carbocycles. The van der Waals surface area contributed by atoms with Crippen molar-refractivity contribution in [1.82, 2.24) is 0 Å². The number of hydrogen-bond acceptors (Lipinski definition) is 2. The van der Waals surface area contributed by atoms with Crippen molar-refractivity contribution in [3.8, 4) is 0 Å². The van der Waals surface area contributed by atoms with Crippen LogP contribution in [-0.4, -0.2) is 0 Å². The van der Waals surface area contributed by atoms with Crippen LogP contribution in [0.25, 0.3) is 11.0 Å². The van der Waals surface area contributed by atoms with E-state index in [9.17, 15) is 0 Å². The molecule has 4 saturated carbocycles. The molecular weight excluding hydrogens is 354 g/mol. The van der Waals surface area contributed by atoms with Crippen LogP contribution in [0.4, 0.5) is 5.69 Å². The lowest BCUT2D eigenvalue weighted by molar-refractivity contribution is -0.0679. The summed E-state index contributed by atoms with van der Waals surface area (Å²) in [6, 6.07) is 18.1. The summed E-state index contributed by atoms with van der Waals surface area (Å²) in [6.45, 7) is 4.71. The van der Waals surface area contributed by atoms with Gasteiger partial charge in [0.1, 0.15) is 16.9 Å². The van der Waals surface area contributed by atoms with Crippen LogP contribution in [0, 0.1) is 30.6 Å². The standard InChI is InChI=1S/C27H29NO/c1-16-7-3-5-9-23(16)28-17(2)25-22-8-4-6-10-24(22)29-26(25)27(28)20-12-18-11-19(14-20)15-21(27)13-18/h3-10,17-21H,11-15H2,1-2H3/t17-,18?,19?,20?,21?,27?/m0/s1. The molecule has 3 aromatic rings. The van der Waals surface area contributed by atoms with Gasteiger partial charge in [-0.2, -0.15) is 0 Å². The molecule has 29 heavy (non-hydrogen) atoms. The lowest BCUT2D eigenvalue weighted by atomic mass is 9.48. The first-order valence-electron chi connectivity index (χ1n) is 11.5. The first-order valence-corrected chi connectivity index (χ1v) is 11.5. The van der Waals surface area contributed by atoms with Crippen molar-refractivity contribution < 1.29 is 4.42 Å². The molecule has 4 fully saturated rings. The highest BCUT2D eigenvalue weighted by atomic mass is 16.3. The summed E-state index contributed by atoms with van der Waals surface area (Å²) >= 11 is 0. The van der Waals surface area contributed by atoms with Crippen LogP contribution in [0.2, 0.25) is 0 Å². The number of nitrogens with zero attached hydrogens (tertiary/aromatic N) is 1. The highest BCUT2D eigenvalue weighted by Crippen LogP contribution is 2.69. The maximum Gasteiger partial charge on any atom is 0.136 e. The third kappa shape index (κ3) is 1.89. The van der Waals surface area contributed by atoms with E-state index >= 15 is 0 Å². The smallest absolute Gasteiger partial charge is 0.136 e. The van der Waals surface area contributed by atoms with Gasteiger partial charge in [0.2, 0.25) is 0 Å². The molecule has 2 heterocycles. The average Bonchev–Trinajstić information content (AvgIpc) is 3.21. The zero-order chi connectivity index (χ0) is 19.3. The van der Waals surface area contributed by atoms with Gasteiger partial charge < -0.3 is 9.32 Å². The molecule has 2 nitrogen and oxygen atoms in total. The Hall–Kier alpha value is -2.22. The Kier molecular flexibility index (Phi) is 3.13. The summed E-state index contributed by atoms with van der Waals surface area (Å²) in [6.07, 6.45) is 7.03. The molecule has 0 unspecified atom stereocenters. The molecule has 1 aromatic heterocycles. The zero-order valence-corrected chi connectivity index (χ0v) is 17.4. The van der Waals surface area contributed by atoms with Gasteiger partial charge in [-0.1, -0.05) is 36.4 Å². The molecule has 0 saturated heterocycles. The summed E-state index contributed by atoms with van der Waals surface area (Å²) in [5.41, 5.74) is 5.41. The van der Waals surface area contributed by atoms with E-state index < -0.39 is 0 Å². The number of aryl methyl sites for hydroxylation is 1. The number of hydrogen-bond donors (Lipinski definition) is 0. The third-order valence-electron chi connectivity index (χ3n) is 8.96. The van der Waals surface area contributed by atoms with Crippen molar-refractivity contribution in [1.29, 1.82) is 0 Å². The molecule has 0 N–H and O–H groups in total. The molecule has 1 aliphatic heterocycles. The molecule has 5 aliphatic rings. The van der Waals surface area contributed by atoms with Crippen LogP contribution in [-0.2, 0) is 5.54 Å². The third-order valence-corrected chi connectivity index (χ3v) is 8.96. The predicted octanol–water partition coefficient (Wildman–Crippen LogP) is 6.97. The lowest BCUT2D eigenvalue weighted by Gasteiger charge is -2.63. The minimum atomic E-state index is 0.0489. The van der Waals surface area contributed by atoms with Gasteiger partial charge in [-0.05, 0) is 87.3 Å². The van der Waals surface area contributed by atoms with Gasteiger partial charge >= 0.3 is 0 Å². The summed E-state index contributed by atoms with van der Waals surface area (Å²) in [4.78, 5) is 2.83. The van der Waals surface area contributed by atoms with E-state index in [1.54, 1.807) is 0 Å². The Labute approximate surface area is 172 Å². The average molecular weight is 384 g/mol. The van der Waals surface area contributed by atoms with Gasteiger partial charge in [0.05, 0.1) is 6.04 Å². The topological polar surface area (TPSA) is 16.4 Å². The van der Waals surface area contributed by atoms with Crippen LogP contribution in [0.15, 0.2) is 52.9 Å². The van der Waals surface area contributed by atoms with Crippen LogP contribution < -0.4 is 4.90 Å². The van der Waals surface area contributed by atoms with Crippen molar-refractivity contribution in [3.63, 3.8) is 0 Å². The summed E-state index contributed by atoms with van der Waals surface area (Å²) in [5, 5.41) is 1.33. The fourth-order valence-corrected chi connectivity index (χ4v) is 8.25. The number of fused-ring (bicyclic) bond motifs is 3. The fraction of sp³-hybridized carbons (Fsp3) is 0.481. The zero-order valence-electron chi connectivity index (χ0n) is 17.4. The second kappa shape index (κ2) is 5.47. The molecule has 8 rings (SSSR count). The summed E-state index contributed by atoms with van der Waals surface area (Å²) in [7, 11) is 0. The summed E-state index contributed by atoms with van der Waals surface area (Å²) in [5.74, 6) is 4.67. The van der Waals surface area contributed by atoms with E-state index in [1.165, 1.54) is 60.1 Å². The lowest BCUT2D eigenvalue weighted by Crippen LogP contribution is -2.62. The Morgan fingerprint density at radius 3 is 2.24 bits per heavy atom. The largest absolute Gasteiger partial charge is 0.458 e. The predicted molar refractivity (Wildman–Crippen MR) is 117 cm³/mol. The highest BCUT2D eigenvalue weighted by molar-refractivity contribution is 5.86. The maximum absolute atomic E-state index is 6.81. The van der Waals surface area contributed by atoms with E-state index in [1.807, 2.05) is 0 Å². The van der Waals surface area contributed by atoms with Crippen LogP contribution >= 0.6 is 0 Å². The molecular formula is C27H29NO. The Morgan fingerprint density at radius 2 is 1.52 bits per heavy atom. The number of para-hydroxylation sites is 2. The van der Waals surface area contributed by atoms with E-state index in [-0.39, 0.29) is 5.54 Å². The Morgan fingerprint density at radius 1 is 0.862 bits per heavy atom. The molecule has 1 atom stereocenters. The van der Waals surface area contributed by atoms with E-state index in [4.69, 9.17) is 4.42 Å². The number of benzene rings is 2. The molecule has 4 bridgehead atoms. The molecule has 1 spiro atoms. The van der Waals surface area contributed by atoms with Crippen LogP contribution in [0.3, 0.4) is 0 Å². The van der Waals surface area contributed by atoms with E-state index in [2.05, 4.69) is 67.3 Å². The van der Waals surface area contributed by atoms with Crippen LogP contribution in [0.5, 0.6) is 0 Å². The van der Waals surface area contributed by atoms with Crippen LogP contribution in [0.1, 0.15) is 62.0 Å². The number of furan rings is 1. The Balaban J connectivity index is 1.54. The van der Waals surface area contributed by atoms with Crippen molar-refractivity contribution in [2.45, 2.75) is 57.5 Å². The molecule has 2 aromatic carbocycles. The normalized spacial score (nSPS) is 37.0. The molecule has 2 heteroatoms. The van der Waals surface area contributed by atoms with Crippen molar-refractivity contribution in [3.05, 3.63) is 65.4 Å². The molecule has 0 radical (unpaired) electrons. The van der Waals surface area contributed by atoms with Gasteiger partial charge in [-0.15, -0.1) is 0 Å². The molecule has 148 valence electrons. The SMILES string of the molecule is Cc1ccccc1N1[C@@H](C)c2c(oc3ccccc23)C12C1CC3CC(C1)CC2C3. The van der Waals surface area contributed by atoms with Gasteiger partial charge in [-0.3, -0.25) is 0 Å². The second-order valence-corrected chi connectivity index (χ2v) is 10.3. The van der Waals surface area contributed by atoms with Crippen molar-refractivity contribution in [2.75, 3.05) is 4.90 Å². The van der Waals surface area contributed by atoms with E-state index in [0.717, 1.165) is 29.3 Å². The minimum absolute atomic E-state index is 0.0489. The minimum Gasteiger partial charge on any atom is -0.458 e. The second-order valence-electron chi connectivity index (χ2n) is 10.3. The van der Waals surface area contributed by atoms with Gasteiger partial charge in [0.15, 0.2) is 0 Å².